The summed E-state index contributed by atoms with van der Waals surface area (Å²) in [6, 6.07) is 26.3. The molecule has 1 aliphatic heterocycles. The number of esters is 2. The first kappa shape index (κ1) is 27.9. The third kappa shape index (κ3) is 5.64. The number of ketones is 1. The lowest BCUT2D eigenvalue weighted by molar-refractivity contribution is -0.120. The monoisotopic (exact) mass is 559 g/mol. The zero-order valence-electron chi connectivity index (χ0n) is 23.0. The molecule has 0 saturated carbocycles. The first-order valence-electron chi connectivity index (χ1n) is 13.0. The van der Waals surface area contributed by atoms with Crippen LogP contribution in [0.15, 0.2) is 108 Å². The van der Waals surface area contributed by atoms with Crippen molar-refractivity contribution in [3.8, 4) is 22.6 Å². The summed E-state index contributed by atoms with van der Waals surface area (Å²) in [5.74, 6) is -1.34. The van der Waals surface area contributed by atoms with Crippen LogP contribution in [-0.4, -0.2) is 29.5 Å². The zero-order valence-corrected chi connectivity index (χ0v) is 23.0. The number of carbonyl (C=O) groups is 5. The van der Waals surface area contributed by atoms with E-state index in [-0.39, 0.29) is 28.7 Å². The van der Waals surface area contributed by atoms with Crippen LogP contribution < -0.4 is 14.4 Å². The van der Waals surface area contributed by atoms with Gasteiger partial charge in [-0.25, -0.2) is 14.5 Å². The van der Waals surface area contributed by atoms with Crippen LogP contribution in [0.1, 0.15) is 51.8 Å². The lowest BCUT2D eigenvalue weighted by Crippen LogP contribution is -2.31. The molecule has 5 rings (SSSR count). The fraction of sp³-hybridized carbons (Fsp3) is 0.0882. The molecule has 2 amide bonds. The number of benzene rings is 4. The Kier molecular flexibility index (Phi) is 7.62. The minimum atomic E-state index is -0.584. The molecule has 0 radical (unpaired) electrons. The lowest BCUT2D eigenvalue weighted by atomic mass is 10.1. The number of nitrogens with zero attached hydrogens (tertiary/aromatic N) is 1. The Morgan fingerprint density at radius 1 is 0.571 bits per heavy atom. The molecule has 0 aromatic heterocycles. The molecule has 208 valence electrons. The maximum absolute atomic E-state index is 12.7. The smallest absolute Gasteiger partial charge is 0.343 e. The minimum Gasteiger partial charge on any atom is -0.423 e. The number of rotatable bonds is 7. The van der Waals surface area contributed by atoms with E-state index in [1.165, 1.54) is 37.3 Å². The van der Waals surface area contributed by atoms with Crippen LogP contribution in [0.2, 0.25) is 0 Å². The molecule has 0 spiro atoms. The Hall–Kier alpha value is -5.63. The number of amides is 2. The van der Waals surface area contributed by atoms with E-state index in [2.05, 4.69) is 0 Å². The summed E-state index contributed by atoms with van der Waals surface area (Å²) in [7, 11) is 0. The largest absolute Gasteiger partial charge is 0.423 e. The van der Waals surface area contributed by atoms with Crippen LogP contribution in [0.4, 0.5) is 5.69 Å². The van der Waals surface area contributed by atoms with Gasteiger partial charge in [0, 0.05) is 16.7 Å². The Bertz CT molecular complexity index is 1740. The van der Waals surface area contributed by atoms with Gasteiger partial charge in [0.05, 0.1) is 16.8 Å². The van der Waals surface area contributed by atoms with Gasteiger partial charge in [-0.2, -0.15) is 0 Å². The summed E-state index contributed by atoms with van der Waals surface area (Å²) in [4.78, 5) is 62.6. The van der Waals surface area contributed by atoms with Crippen molar-refractivity contribution in [1.82, 2.24) is 0 Å². The van der Waals surface area contributed by atoms with Crippen molar-refractivity contribution in [3.05, 3.63) is 125 Å². The van der Waals surface area contributed by atoms with E-state index in [9.17, 15) is 24.0 Å². The molecule has 0 atom stereocenters. The second-order valence-corrected chi connectivity index (χ2v) is 9.71. The molecular weight excluding hydrogens is 534 g/mol. The number of anilines is 1. The van der Waals surface area contributed by atoms with E-state index in [1.54, 1.807) is 80.6 Å². The predicted molar refractivity (Wildman–Crippen MR) is 156 cm³/mol. The number of hydrogen-bond acceptors (Lipinski definition) is 7. The van der Waals surface area contributed by atoms with Gasteiger partial charge >= 0.3 is 11.9 Å². The third-order valence-corrected chi connectivity index (χ3v) is 6.94. The van der Waals surface area contributed by atoms with E-state index in [4.69, 9.17) is 9.47 Å². The van der Waals surface area contributed by atoms with Crippen molar-refractivity contribution in [3.63, 3.8) is 0 Å². The van der Waals surface area contributed by atoms with Gasteiger partial charge < -0.3 is 9.47 Å². The number of imide groups is 1. The summed E-state index contributed by atoms with van der Waals surface area (Å²) < 4.78 is 10.9. The maximum atomic E-state index is 12.7. The van der Waals surface area contributed by atoms with Gasteiger partial charge in [0.2, 0.25) is 0 Å². The molecule has 0 N–H and O–H groups in total. The Morgan fingerprint density at radius 3 is 1.50 bits per heavy atom. The highest BCUT2D eigenvalue weighted by atomic mass is 16.5. The van der Waals surface area contributed by atoms with Crippen molar-refractivity contribution in [2.75, 3.05) is 4.90 Å². The quantitative estimate of drug-likeness (QED) is 0.115. The summed E-state index contributed by atoms with van der Waals surface area (Å²) >= 11 is 0. The Morgan fingerprint density at radius 2 is 1.02 bits per heavy atom. The lowest BCUT2D eigenvalue weighted by Gasteiger charge is -2.15. The summed E-state index contributed by atoms with van der Waals surface area (Å²) in [5, 5.41) is 0. The average Bonchev–Trinajstić information content (AvgIpc) is 3.20. The standard InChI is InChI=1S/C34H25NO7/c1-20-21(2)32(38)35(31(20)37)28-13-7-25(8-14-28)33(39)41-29-15-9-23(10-16-29)24-11-17-30(18-12-24)42-34(40)27-6-4-5-26(19-27)22(3)36/h4-19H,1-3H3. The number of Topliss-reactive ketones (excluding diaryl/α,β-unsaturated/α-hetero) is 1. The van der Waals surface area contributed by atoms with Crippen molar-refractivity contribution < 1.29 is 33.4 Å². The predicted octanol–water partition coefficient (Wildman–Crippen LogP) is 6.20. The van der Waals surface area contributed by atoms with Gasteiger partial charge in [-0.15, -0.1) is 0 Å². The second kappa shape index (κ2) is 11.5. The normalized spacial score (nSPS) is 12.9. The van der Waals surface area contributed by atoms with E-state index in [0.29, 0.717) is 33.9 Å². The van der Waals surface area contributed by atoms with E-state index in [0.717, 1.165) is 16.0 Å². The van der Waals surface area contributed by atoms with Crippen LogP contribution in [0.3, 0.4) is 0 Å². The SMILES string of the molecule is CC(=O)c1cccc(C(=O)Oc2ccc(-c3ccc(OC(=O)c4ccc(N5C(=O)C(C)=C(C)C5=O)cc4)cc3)cc2)c1. The fourth-order valence-corrected chi connectivity index (χ4v) is 4.36. The topological polar surface area (TPSA) is 107 Å². The highest BCUT2D eigenvalue weighted by Gasteiger charge is 2.34. The molecule has 42 heavy (non-hydrogen) atoms. The van der Waals surface area contributed by atoms with Crippen LogP contribution in [0.25, 0.3) is 11.1 Å². The van der Waals surface area contributed by atoms with E-state index in [1.807, 2.05) is 0 Å². The molecule has 0 fully saturated rings. The van der Waals surface area contributed by atoms with Crippen molar-refractivity contribution in [1.29, 1.82) is 0 Å². The van der Waals surface area contributed by atoms with E-state index < -0.39 is 11.9 Å². The summed E-state index contributed by atoms with van der Waals surface area (Å²) in [5.41, 5.74) is 3.87. The molecule has 4 aromatic rings. The van der Waals surface area contributed by atoms with Crippen molar-refractivity contribution in [2.24, 2.45) is 0 Å². The van der Waals surface area contributed by atoms with Crippen LogP contribution >= 0.6 is 0 Å². The highest BCUT2D eigenvalue weighted by Crippen LogP contribution is 2.28. The molecule has 1 aliphatic rings. The molecule has 0 unspecified atom stereocenters. The highest BCUT2D eigenvalue weighted by molar-refractivity contribution is 6.32. The maximum Gasteiger partial charge on any atom is 0.343 e. The molecule has 0 saturated heterocycles. The zero-order chi connectivity index (χ0) is 30.0. The molecule has 0 aliphatic carbocycles. The molecular formula is C34H25NO7. The Balaban J connectivity index is 1.20. The molecule has 8 nitrogen and oxygen atoms in total. The van der Waals surface area contributed by atoms with E-state index >= 15 is 0 Å². The first-order chi connectivity index (χ1) is 20.1. The summed E-state index contributed by atoms with van der Waals surface area (Å²) in [6.07, 6.45) is 0. The average molecular weight is 560 g/mol. The first-order valence-corrected chi connectivity index (χ1v) is 13.0. The Labute approximate surface area is 241 Å². The van der Waals surface area contributed by atoms with Gasteiger partial charge in [-0.3, -0.25) is 14.4 Å². The molecule has 4 aromatic carbocycles. The van der Waals surface area contributed by atoms with Crippen LogP contribution in [0, 0.1) is 0 Å². The van der Waals surface area contributed by atoms with Crippen molar-refractivity contribution >= 4 is 35.2 Å². The second-order valence-electron chi connectivity index (χ2n) is 9.71. The summed E-state index contributed by atoms with van der Waals surface area (Å²) in [6.45, 7) is 4.65. The number of hydrogen-bond donors (Lipinski definition) is 0. The van der Waals surface area contributed by atoms with Crippen LogP contribution in [0.5, 0.6) is 11.5 Å². The van der Waals surface area contributed by atoms with Crippen LogP contribution in [-0.2, 0) is 9.59 Å². The minimum absolute atomic E-state index is 0.137. The van der Waals surface area contributed by atoms with Gasteiger partial charge in [0.1, 0.15) is 11.5 Å². The van der Waals surface area contributed by atoms with Gasteiger partial charge in [0.25, 0.3) is 11.8 Å². The molecule has 0 bridgehead atoms. The molecule has 1 heterocycles. The van der Waals surface area contributed by atoms with Crippen molar-refractivity contribution in [2.45, 2.75) is 20.8 Å². The third-order valence-electron chi connectivity index (χ3n) is 6.94. The number of ether oxygens (including phenoxy) is 2. The fourth-order valence-electron chi connectivity index (χ4n) is 4.36. The van der Waals surface area contributed by atoms with Gasteiger partial charge in [-0.1, -0.05) is 36.4 Å². The number of carbonyl (C=O) groups excluding carboxylic acids is 5. The van der Waals surface area contributed by atoms with Gasteiger partial charge in [-0.05, 0) is 92.6 Å². The van der Waals surface area contributed by atoms with Gasteiger partial charge in [0.15, 0.2) is 5.78 Å². The molecule has 8 heteroatoms.